The molecule has 0 saturated carbocycles. The quantitative estimate of drug-likeness (QED) is 0.537. The molecule has 0 spiro atoms. The minimum atomic E-state index is -0.218. The number of aryl methyl sites for hydroxylation is 2. The zero-order valence-electron chi connectivity index (χ0n) is 13.9. The van der Waals surface area contributed by atoms with E-state index < -0.39 is 0 Å². The second kappa shape index (κ2) is 6.94. The van der Waals surface area contributed by atoms with Crippen molar-refractivity contribution < 1.29 is 0 Å². The van der Waals surface area contributed by atoms with E-state index in [0.29, 0.717) is 27.5 Å². The Labute approximate surface area is 159 Å². The van der Waals surface area contributed by atoms with Crippen LogP contribution >= 0.6 is 22.9 Å². The van der Waals surface area contributed by atoms with Gasteiger partial charge in [-0.05, 0) is 29.7 Å². The van der Waals surface area contributed by atoms with Crippen molar-refractivity contribution in [2.45, 2.75) is 12.8 Å². The molecular formula is C20H16ClN3OS. The van der Waals surface area contributed by atoms with Crippen LogP contribution in [0.25, 0.3) is 21.3 Å². The van der Waals surface area contributed by atoms with Crippen LogP contribution in [0.3, 0.4) is 0 Å². The van der Waals surface area contributed by atoms with E-state index in [1.807, 2.05) is 47.8 Å². The highest BCUT2D eigenvalue weighted by Gasteiger charge is 2.16. The molecule has 0 aliphatic rings. The lowest BCUT2D eigenvalue weighted by atomic mass is 10.1. The summed E-state index contributed by atoms with van der Waals surface area (Å²) in [6, 6.07) is 17.5. The van der Waals surface area contributed by atoms with E-state index in [4.69, 9.17) is 17.4 Å². The highest BCUT2D eigenvalue weighted by atomic mass is 35.5. The molecule has 2 aromatic carbocycles. The standard InChI is InChI=1S/C20H16ClN3OS/c21-15-9-7-14(8-10-15)16-12-26-19-18(16)20(25)24(22)17(23-19)11-6-13-4-2-1-3-5-13/h1-5,7-10,12H,6,11,22H2. The van der Waals surface area contributed by atoms with Gasteiger partial charge in [0.05, 0.1) is 5.39 Å². The summed E-state index contributed by atoms with van der Waals surface area (Å²) in [4.78, 5) is 18.2. The van der Waals surface area contributed by atoms with Crippen molar-refractivity contribution in [3.8, 4) is 11.1 Å². The fourth-order valence-corrected chi connectivity index (χ4v) is 4.05. The summed E-state index contributed by atoms with van der Waals surface area (Å²) >= 11 is 7.42. The number of nitrogen functional groups attached to an aromatic ring is 1. The summed E-state index contributed by atoms with van der Waals surface area (Å²) < 4.78 is 1.18. The van der Waals surface area contributed by atoms with E-state index >= 15 is 0 Å². The van der Waals surface area contributed by atoms with Crippen LogP contribution in [0.15, 0.2) is 64.8 Å². The summed E-state index contributed by atoms with van der Waals surface area (Å²) in [6.07, 6.45) is 1.39. The molecule has 0 aliphatic carbocycles. The van der Waals surface area contributed by atoms with Crippen molar-refractivity contribution >= 4 is 33.2 Å². The molecule has 0 unspecified atom stereocenters. The molecule has 4 aromatic rings. The van der Waals surface area contributed by atoms with Gasteiger partial charge in [-0.1, -0.05) is 54.1 Å². The molecule has 0 bridgehead atoms. The Morgan fingerprint density at radius 1 is 1.04 bits per heavy atom. The molecular weight excluding hydrogens is 366 g/mol. The van der Waals surface area contributed by atoms with Gasteiger partial charge in [0.2, 0.25) is 0 Å². The molecule has 6 heteroatoms. The Morgan fingerprint density at radius 3 is 2.50 bits per heavy atom. The maximum Gasteiger partial charge on any atom is 0.281 e. The number of fused-ring (bicyclic) bond motifs is 1. The third-order valence-electron chi connectivity index (χ3n) is 4.35. The van der Waals surface area contributed by atoms with E-state index in [1.165, 1.54) is 21.6 Å². The summed E-state index contributed by atoms with van der Waals surface area (Å²) in [5.41, 5.74) is 2.74. The highest BCUT2D eigenvalue weighted by molar-refractivity contribution is 7.17. The largest absolute Gasteiger partial charge is 0.335 e. The number of rotatable bonds is 4. The molecule has 4 nitrogen and oxygen atoms in total. The molecule has 2 heterocycles. The van der Waals surface area contributed by atoms with E-state index in [0.717, 1.165) is 17.5 Å². The molecule has 26 heavy (non-hydrogen) atoms. The average Bonchev–Trinajstić information content (AvgIpc) is 3.09. The van der Waals surface area contributed by atoms with Crippen LogP contribution in [-0.4, -0.2) is 9.66 Å². The van der Waals surface area contributed by atoms with Gasteiger partial charge in [0, 0.05) is 22.4 Å². The molecule has 0 saturated heterocycles. The van der Waals surface area contributed by atoms with Gasteiger partial charge in [-0.2, -0.15) is 0 Å². The van der Waals surface area contributed by atoms with E-state index in [1.54, 1.807) is 0 Å². The van der Waals surface area contributed by atoms with Crippen molar-refractivity contribution in [3.63, 3.8) is 0 Å². The summed E-state index contributed by atoms with van der Waals surface area (Å²) in [6.45, 7) is 0. The molecule has 2 aromatic heterocycles. The topological polar surface area (TPSA) is 60.9 Å². The third kappa shape index (κ3) is 3.11. The van der Waals surface area contributed by atoms with E-state index in [2.05, 4.69) is 17.1 Å². The summed E-state index contributed by atoms with van der Waals surface area (Å²) in [7, 11) is 0. The lowest BCUT2D eigenvalue weighted by molar-refractivity contribution is 0.765. The number of thiophene rings is 1. The molecule has 2 N–H and O–H groups in total. The normalized spacial score (nSPS) is 11.1. The molecule has 0 radical (unpaired) electrons. The second-order valence-corrected chi connectivity index (χ2v) is 7.32. The number of nitrogens with zero attached hydrogens (tertiary/aromatic N) is 2. The molecule has 4 rings (SSSR count). The van der Waals surface area contributed by atoms with Crippen LogP contribution in [-0.2, 0) is 12.8 Å². The minimum Gasteiger partial charge on any atom is -0.335 e. The monoisotopic (exact) mass is 381 g/mol. The predicted octanol–water partition coefficient (Wildman–Crippen LogP) is 4.28. The van der Waals surface area contributed by atoms with Gasteiger partial charge in [-0.15, -0.1) is 11.3 Å². The number of benzene rings is 2. The van der Waals surface area contributed by atoms with E-state index in [-0.39, 0.29) is 5.56 Å². The number of hydrogen-bond donors (Lipinski definition) is 1. The molecule has 0 atom stereocenters. The fourth-order valence-electron chi connectivity index (χ4n) is 2.96. The summed E-state index contributed by atoms with van der Waals surface area (Å²) in [5.74, 6) is 6.66. The Hall–Kier alpha value is -2.63. The van der Waals surface area contributed by atoms with E-state index in [9.17, 15) is 4.79 Å². The molecule has 0 aliphatic heterocycles. The fraction of sp³-hybridized carbons (Fsp3) is 0.100. The Bertz CT molecular complexity index is 1120. The SMILES string of the molecule is Nn1c(CCc2ccccc2)nc2scc(-c3ccc(Cl)cc3)c2c1=O. The minimum absolute atomic E-state index is 0.218. The van der Waals surface area contributed by atoms with Crippen molar-refractivity contribution in [2.24, 2.45) is 0 Å². The first-order valence-electron chi connectivity index (χ1n) is 8.21. The summed E-state index contributed by atoms with van der Waals surface area (Å²) in [5, 5.41) is 3.16. The number of nitrogens with two attached hydrogens (primary N) is 1. The molecule has 0 fully saturated rings. The first-order chi connectivity index (χ1) is 12.6. The average molecular weight is 382 g/mol. The van der Waals surface area contributed by atoms with Crippen LogP contribution in [0.2, 0.25) is 5.02 Å². The molecule has 0 amide bonds. The Balaban J connectivity index is 1.73. The van der Waals surface area contributed by atoms with Crippen molar-refractivity contribution in [1.82, 2.24) is 9.66 Å². The van der Waals surface area contributed by atoms with Gasteiger partial charge >= 0.3 is 0 Å². The number of hydrogen-bond acceptors (Lipinski definition) is 4. The zero-order valence-corrected chi connectivity index (χ0v) is 15.4. The van der Waals surface area contributed by atoms with Gasteiger partial charge in [0.15, 0.2) is 0 Å². The third-order valence-corrected chi connectivity index (χ3v) is 5.47. The van der Waals surface area contributed by atoms with Gasteiger partial charge in [0.1, 0.15) is 10.7 Å². The lowest BCUT2D eigenvalue weighted by Gasteiger charge is -2.08. The van der Waals surface area contributed by atoms with Crippen molar-refractivity contribution in [1.29, 1.82) is 0 Å². The predicted molar refractivity (Wildman–Crippen MR) is 108 cm³/mol. The Kier molecular flexibility index (Phi) is 4.49. The van der Waals surface area contributed by atoms with Crippen molar-refractivity contribution in [2.75, 3.05) is 5.84 Å². The van der Waals surface area contributed by atoms with Gasteiger partial charge in [-0.25, -0.2) is 9.66 Å². The van der Waals surface area contributed by atoms with Crippen LogP contribution in [0.1, 0.15) is 11.4 Å². The smallest absolute Gasteiger partial charge is 0.281 e. The van der Waals surface area contributed by atoms with Crippen LogP contribution in [0.4, 0.5) is 0 Å². The van der Waals surface area contributed by atoms with Crippen molar-refractivity contribution in [3.05, 3.63) is 86.7 Å². The number of aromatic nitrogens is 2. The number of halogens is 1. The van der Waals surface area contributed by atoms with Crippen LogP contribution < -0.4 is 11.4 Å². The second-order valence-electron chi connectivity index (χ2n) is 6.03. The first kappa shape index (κ1) is 16.8. The zero-order chi connectivity index (χ0) is 18.1. The van der Waals surface area contributed by atoms with Gasteiger partial charge < -0.3 is 5.84 Å². The maximum absolute atomic E-state index is 12.9. The van der Waals surface area contributed by atoms with Crippen LogP contribution in [0, 0.1) is 0 Å². The lowest BCUT2D eigenvalue weighted by Crippen LogP contribution is -2.31. The maximum atomic E-state index is 12.9. The van der Waals surface area contributed by atoms with Crippen LogP contribution in [0.5, 0.6) is 0 Å². The van der Waals surface area contributed by atoms with Gasteiger partial charge in [-0.3, -0.25) is 4.79 Å². The Morgan fingerprint density at radius 2 is 1.77 bits per heavy atom. The van der Waals surface area contributed by atoms with Gasteiger partial charge in [0.25, 0.3) is 5.56 Å². The highest BCUT2D eigenvalue weighted by Crippen LogP contribution is 2.31. The first-order valence-corrected chi connectivity index (χ1v) is 9.47. The molecule has 130 valence electrons.